The van der Waals surface area contributed by atoms with Crippen molar-refractivity contribution in [1.82, 2.24) is 4.90 Å². The summed E-state index contributed by atoms with van der Waals surface area (Å²) in [4.78, 5) is 26.0. The highest BCUT2D eigenvalue weighted by atomic mass is 35.5. The Labute approximate surface area is 154 Å². The first-order valence-electron chi connectivity index (χ1n) is 7.39. The van der Waals surface area contributed by atoms with Gasteiger partial charge in [0.05, 0.1) is 23.2 Å². The van der Waals surface area contributed by atoms with Gasteiger partial charge in [-0.2, -0.15) is 0 Å². The number of nitrogens with two attached hydrogens (primary N) is 1. The maximum Gasteiger partial charge on any atom is 0.253 e. The van der Waals surface area contributed by atoms with Gasteiger partial charge in [-0.15, -0.1) is 12.4 Å². The molecule has 0 aromatic heterocycles. The number of carbonyl (C=O) groups is 2. The van der Waals surface area contributed by atoms with Crippen LogP contribution in [0.15, 0.2) is 18.2 Å². The summed E-state index contributed by atoms with van der Waals surface area (Å²) in [6.07, 6.45) is -0.237. The summed E-state index contributed by atoms with van der Waals surface area (Å²) >= 11 is 6.10. The number of hydrogen-bond donors (Lipinski definition) is 2. The molecule has 0 spiro atoms. The topological polar surface area (TPSA) is 84.7 Å². The van der Waals surface area contributed by atoms with Crippen LogP contribution in [-0.4, -0.2) is 49.6 Å². The number of benzene rings is 1. The fourth-order valence-corrected chi connectivity index (χ4v) is 2.03. The first kappa shape index (κ1) is 22.7. The number of amides is 2. The lowest BCUT2D eigenvalue weighted by Gasteiger charge is -2.22. The van der Waals surface area contributed by atoms with E-state index in [2.05, 4.69) is 5.32 Å². The summed E-state index contributed by atoms with van der Waals surface area (Å²) < 4.78 is 5.08. The quantitative estimate of drug-likeness (QED) is 0.764. The lowest BCUT2D eigenvalue weighted by Crippen LogP contribution is -2.33. The number of anilines is 1. The molecule has 0 heterocycles. The molecule has 1 atom stereocenters. The Balaban J connectivity index is 0.00000529. The molecular formula is C16H25Cl2N3O3. The van der Waals surface area contributed by atoms with Crippen LogP contribution in [0.5, 0.6) is 0 Å². The van der Waals surface area contributed by atoms with Gasteiger partial charge in [0.25, 0.3) is 5.91 Å². The van der Waals surface area contributed by atoms with Crippen LogP contribution >= 0.6 is 24.0 Å². The zero-order valence-corrected chi connectivity index (χ0v) is 15.9. The van der Waals surface area contributed by atoms with Crippen molar-refractivity contribution >= 4 is 41.5 Å². The summed E-state index contributed by atoms with van der Waals surface area (Å²) in [5.41, 5.74) is 6.36. The SMILES string of the molecule is COC(CN)CC(=O)Nc1cc(C(=O)N(C)C(C)C)ccc1Cl.Cl. The number of rotatable bonds is 7. The van der Waals surface area contributed by atoms with Gasteiger partial charge in [-0.05, 0) is 32.0 Å². The second kappa shape index (κ2) is 10.5. The van der Waals surface area contributed by atoms with Gasteiger partial charge >= 0.3 is 0 Å². The maximum atomic E-state index is 12.3. The summed E-state index contributed by atoms with van der Waals surface area (Å²) in [6, 6.07) is 4.88. The van der Waals surface area contributed by atoms with Crippen LogP contribution in [0.4, 0.5) is 5.69 Å². The highest BCUT2D eigenvalue weighted by molar-refractivity contribution is 6.33. The van der Waals surface area contributed by atoms with E-state index in [0.717, 1.165) is 0 Å². The largest absolute Gasteiger partial charge is 0.380 e. The van der Waals surface area contributed by atoms with E-state index in [0.29, 0.717) is 16.3 Å². The molecule has 6 nitrogen and oxygen atoms in total. The van der Waals surface area contributed by atoms with Crippen molar-refractivity contribution in [2.75, 3.05) is 26.0 Å². The van der Waals surface area contributed by atoms with E-state index in [1.54, 1.807) is 30.1 Å². The molecule has 2 amide bonds. The minimum atomic E-state index is -0.356. The Kier molecular flexibility index (Phi) is 9.92. The smallest absolute Gasteiger partial charge is 0.253 e. The van der Waals surface area contributed by atoms with E-state index >= 15 is 0 Å². The molecule has 0 bridgehead atoms. The highest BCUT2D eigenvalue weighted by Gasteiger charge is 2.17. The third kappa shape index (κ3) is 6.28. The van der Waals surface area contributed by atoms with Crippen LogP contribution in [0, 0.1) is 0 Å². The Morgan fingerprint density at radius 2 is 2.00 bits per heavy atom. The minimum absolute atomic E-state index is 0. The molecule has 136 valence electrons. The number of ether oxygens (including phenoxy) is 1. The molecule has 1 aromatic rings. The molecule has 8 heteroatoms. The normalized spacial score (nSPS) is 11.6. The number of hydrogen-bond acceptors (Lipinski definition) is 4. The summed E-state index contributed by atoms with van der Waals surface area (Å²) in [7, 11) is 3.23. The molecule has 24 heavy (non-hydrogen) atoms. The number of carbonyl (C=O) groups excluding carboxylic acids is 2. The van der Waals surface area contributed by atoms with Gasteiger partial charge in [-0.1, -0.05) is 11.6 Å². The predicted octanol–water partition coefficient (Wildman–Crippen LogP) is 2.54. The molecule has 3 N–H and O–H groups in total. The minimum Gasteiger partial charge on any atom is -0.380 e. The van der Waals surface area contributed by atoms with Crippen LogP contribution in [0.25, 0.3) is 0 Å². The Hall–Kier alpha value is -1.34. The number of nitrogens with one attached hydrogen (secondary N) is 1. The molecule has 0 aliphatic rings. The zero-order chi connectivity index (χ0) is 17.6. The van der Waals surface area contributed by atoms with E-state index < -0.39 is 0 Å². The van der Waals surface area contributed by atoms with Crippen molar-refractivity contribution in [2.24, 2.45) is 5.73 Å². The molecule has 0 saturated carbocycles. The lowest BCUT2D eigenvalue weighted by atomic mass is 10.1. The van der Waals surface area contributed by atoms with Crippen LogP contribution in [0.3, 0.4) is 0 Å². The maximum absolute atomic E-state index is 12.3. The van der Waals surface area contributed by atoms with Gasteiger partial charge in [0.15, 0.2) is 0 Å². The summed E-state index contributed by atoms with van der Waals surface area (Å²) in [6.45, 7) is 4.10. The highest BCUT2D eigenvalue weighted by Crippen LogP contribution is 2.24. The van der Waals surface area contributed by atoms with Crippen molar-refractivity contribution in [3.8, 4) is 0 Å². The number of nitrogens with zero attached hydrogens (tertiary/aromatic N) is 1. The number of methoxy groups -OCH3 is 1. The Bertz CT molecular complexity index is 563. The predicted molar refractivity (Wildman–Crippen MR) is 99.0 cm³/mol. The fourth-order valence-electron chi connectivity index (χ4n) is 1.86. The van der Waals surface area contributed by atoms with Crippen LogP contribution in [-0.2, 0) is 9.53 Å². The van der Waals surface area contributed by atoms with E-state index in [1.807, 2.05) is 13.8 Å². The molecule has 1 rings (SSSR count). The lowest BCUT2D eigenvalue weighted by molar-refractivity contribution is -0.118. The second-order valence-corrected chi connectivity index (χ2v) is 5.96. The average Bonchev–Trinajstić information content (AvgIpc) is 2.53. The van der Waals surface area contributed by atoms with Crippen molar-refractivity contribution in [3.05, 3.63) is 28.8 Å². The van der Waals surface area contributed by atoms with Gasteiger partial charge in [0, 0.05) is 32.3 Å². The summed E-state index contributed by atoms with van der Waals surface area (Å²) in [5.74, 6) is -0.407. The van der Waals surface area contributed by atoms with E-state index in [-0.39, 0.29) is 49.3 Å². The summed E-state index contributed by atoms with van der Waals surface area (Å²) in [5, 5.41) is 3.06. The van der Waals surface area contributed by atoms with Gasteiger partial charge in [-0.25, -0.2) is 0 Å². The first-order chi connectivity index (χ1) is 10.8. The third-order valence-corrected chi connectivity index (χ3v) is 3.92. The van der Waals surface area contributed by atoms with Crippen molar-refractivity contribution < 1.29 is 14.3 Å². The van der Waals surface area contributed by atoms with E-state index in [9.17, 15) is 9.59 Å². The van der Waals surface area contributed by atoms with Crippen molar-refractivity contribution in [3.63, 3.8) is 0 Å². The van der Waals surface area contributed by atoms with E-state index in [4.69, 9.17) is 22.1 Å². The molecule has 0 aliphatic heterocycles. The van der Waals surface area contributed by atoms with Crippen LogP contribution in [0.2, 0.25) is 5.02 Å². The van der Waals surface area contributed by atoms with Gasteiger partial charge < -0.3 is 20.7 Å². The standard InChI is InChI=1S/C16H24ClN3O3.ClH/c1-10(2)20(3)16(22)11-5-6-13(17)14(7-11)19-15(21)8-12(9-18)23-4;/h5-7,10,12H,8-9,18H2,1-4H3,(H,19,21);1H. The van der Waals surface area contributed by atoms with Crippen LogP contribution in [0.1, 0.15) is 30.6 Å². The fraction of sp³-hybridized carbons (Fsp3) is 0.500. The molecule has 0 aliphatic carbocycles. The van der Waals surface area contributed by atoms with Gasteiger partial charge in [0.1, 0.15) is 0 Å². The second-order valence-electron chi connectivity index (χ2n) is 5.55. The Morgan fingerprint density at radius 3 is 2.50 bits per heavy atom. The van der Waals surface area contributed by atoms with Crippen molar-refractivity contribution in [2.45, 2.75) is 32.4 Å². The third-order valence-electron chi connectivity index (χ3n) is 3.59. The monoisotopic (exact) mass is 377 g/mol. The number of halogens is 2. The van der Waals surface area contributed by atoms with Gasteiger partial charge in [-0.3, -0.25) is 9.59 Å². The molecule has 1 unspecified atom stereocenters. The molecule has 0 saturated heterocycles. The molecule has 1 aromatic carbocycles. The van der Waals surface area contributed by atoms with Crippen molar-refractivity contribution in [1.29, 1.82) is 0 Å². The Morgan fingerprint density at radius 1 is 1.38 bits per heavy atom. The zero-order valence-electron chi connectivity index (χ0n) is 14.3. The van der Waals surface area contributed by atoms with Gasteiger partial charge in [0.2, 0.25) is 5.91 Å². The average molecular weight is 378 g/mol. The molecule has 0 fully saturated rings. The first-order valence-corrected chi connectivity index (χ1v) is 7.77. The van der Waals surface area contributed by atoms with Crippen LogP contribution < -0.4 is 11.1 Å². The molecule has 0 radical (unpaired) electrons. The molecular weight excluding hydrogens is 353 g/mol. The van der Waals surface area contributed by atoms with E-state index in [1.165, 1.54) is 7.11 Å².